The first kappa shape index (κ1) is 18.0. The van der Waals surface area contributed by atoms with Crippen LogP contribution in [0.1, 0.15) is 41.5 Å². The fourth-order valence-electron chi connectivity index (χ4n) is 2.67. The maximum absolute atomic E-state index is 12.2. The molecule has 1 unspecified atom stereocenters. The summed E-state index contributed by atoms with van der Waals surface area (Å²) in [5.41, 5.74) is 2.93. The highest BCUT2D eigenvalue weighted by Crippen LogP contribution is 2.18. The molecule has 2 rings (SSSR count). The fourth-order valence-corrected chi connectivity index (χ4v) is 2.67. The first-order valence-electron chi connectivity index (χ1n) is 8.23. The Kier molecular flexibility index (Phi) is 6.81. The van der Waals surface area contributed by atoms with Gasteiger partial charge in [-0.15, -0.1) is 0 Å². The van der Waals surface area contributed by atoms with Crippen LogP contribution in [0.25, 0.3) is 0 Å². The predicted molar refractivity (Wildman–Crippen MR) is 91.7 cm³/mol. The number of nitrogens with one attached hydrogen (secondary N) is 2. The summed E-state index contributed by atoms with van der Waals surface area (Å²) in [6, 6.07) is 9.46. The Morgan fingerprint density at radius 1 is 1.29 bits per heavy atom. The van der Waals surface area contributed by atoms with Gasteiger partial charge in [0, 0.05) is 18.7 Å². The van der Waals surface area contributed by atoms with Gasteiger partial charge in [-0.25, -0.2) is 4.79 Å². The van der Waals surface area contributed by atoms with Crippen LogP contribution in [0.3, 0.4) is 0 Å². The third kappa shape index (κ3) is 5.09. The van der Waals surface area contributed by atoms with Gasteiger partial charge in [-0.1, -0.05) is 35.5 Å². The number of rotatable bonds is 8. The Bertz CT molecular complexity index is 621. The van der Waals surface area contributed by atoms with Gasteiger partial charge in [0.25, 0.3) is 0 Å². The highest BCUT2D eigenvalue weighted by Gasteiger charge is 2.14. The van der Waals surface area contributed by atoms with E-state index in [0.29, 0.717) is 25.8 Å². The molecule has 1 aromatic heterocycles. The van der Waals surface area contributed by atoms with Crippen molar-refractivity contribution in [3.8, 4) is 0 Å². The van der Waals surface area contributed by atoms with Crippen molar-refractivity contribution in [2.75, 3.05) is 13.2 Å². The van der Waals surface area contributed by atoms with Gasteiger partial charge in [0.05, 0.1) is 11.7 Å². The van der Waals surface area contributed by atoms with Crippen LogP contribution in [0.4, 0.5) is 4.79 Å². The van der Waals surface area contributed by atoms with E-state index in [1.165, 1.54) is 0 Å². The van der Waals surface area contributed by atoms with Crippen molar-refractivity contribution in [2.24, 2.45) is 0 Å². The van der Waals surface area contributed by atoms with Gasteiger partial charge >= 0.3 is 6.03 Å². The summed E-state index contributed by atoms with van der Waals surface area (Å²) in [5.74, 6) is 0.791. The summed E-state index contributed by atoms with van der Waals surface area (Å²) >= 11 is 0. The van der Waals surface area contributed by atoms with Crippen molar-refractivity contribution in [1.82, 2.24) is 15.8 Å². The molecule has 2 aromatic rings. The van der Waals surface area contributed by atoms with Gasteiger partial charge in [-0.3, -0.25) is 0 Å². The Morgan fingerprint density at radius 2 is 2.04 bits per heavy atom. The minimum Gasteiger partial charge on any atom is -0.396 e. The Labute approximate surface area is 142 Å². The Hall–Kier alpha value is -2.34. The molecule has 3 N–H and O–H groups in total. The SMILES string of the molecule is Cc1noc(C)c1CCNC(=O)NC(CCCO)c1ccccc1. The summed E-state index contributed by atoms with van der Waals surface area (Å²) in [6.07, 6.45) is 2.01. The van der Waals surface area contributed by atoms with Crippen molar-refractivity contribution in [3.63, 3.8) is 0 Å². The molecule has 2 amide bonds. The number of carbonyl (C=O) groups is 1. The summed E-state index contributed by atoms with van der Waals surface area (Å²) in [7, 11) is 0. The first-order valence-corrected chi connectivity index (χ1v) is 8.23. The van der Waals surface area contributed by atoms with E-state index >= 15 is 0 Å². The standard InChI is InChI=1S/C18H25N3O3/c1-13-16(14(2)24-21-13)10-11-19-18(23)20-17(9-6-12-22)15-7-4-3-5-8-15/h3-5,7-8,17,22H,6,9-12H2,1-2H3,(H2,19,20,23). The average molecular weight is 331 g/mol. The third-order valence-electron chi connectivity index (χ3n) is 4.00. The maximum Gasteiger partial charge on any atom is 0.315 e. The van der Waals surface area contributed by atoms with Gasteiger partial charge in [-0.2, -0.15) is 0 Å². The van der Waals surface area contributed by atoms with Crippen LogP contribution < -0.4 is 10.6 Å². The number of urea groups is 1. The molecule has 0 saturated heterocycles. The van der Waals surface area contributed by atoms with Crippen LogP contribution in [0, 0.1) is 13.8 Å². The summed E-state index contributed by atoms with van der Waals surface area (Å²) in [4.78, 5) is 12.2. The van der Waals surface area contributed by atoms with Crippen LogP contribution in [0.15, 0.2) is 34.9 Å². The largest absolute Gasteiger partial charge is 0.396 e. The van der Waals surface area contributed by atoms with Crippen molar-refractivity contribution in [1.29, 1.82) is 0 Å². The summed E-state index contributed by atoms with van der Waals surface area (Å²) in [6.45, 7) is 4.39. The second-order valence-corrected chi connectivity index (χ2v) is 5.78. The molecule has 1 aromatic carbocycles. The molecule has 130 valence electrons. The van der Waals surface area contributed by atoms with E-state index in [4.69, 9.17) is 9.63 Å². The number of nitrogens with zero attached hydrogens (tertiary/aromatic N) is 1. The molecule has 24 heavy (non-hydrogen) atoms. The molecule has 0 bridgehead atoms. The highest BCUT2D eigenvalue weighted by molar-refractivity contribution is 5.74. The number of hydrogen-bond donors (Lipinski definition) is 3. The van der Waals surface area contributed by atoms with E-state index in [9.17, 15) is 4.79 Å². The molecule has 1 atom stereocenters. The van der Waals surface area contributed by atoms with E-state index in [2.05, 4.69) is 15.8 Å². The summed E-state index contributed by atoms with van der Waals surface area (Å²) < 4.78 is 5.12. The Morgan fingerprint density at radius 3 is 2.67 bits per heavy atom. The third-order valence-corrected chi connectivity index (χ3v) is 4.00. The number of aromatic nitrogens is 1. The van der Waals surface area contributed by atoms with Gasteiger partial charge in [-0.05, 0) is 38.7 Å². The van der Waals surface area contributed by atoms with Crippen LogP contribution in [-0.4, -0.2) is 29.4 Å². The number of hydrogen-bond acceptors (Lipinski definition) is 4. The lowest BCUT2D eigenvalue weighted by Gasteiger charge is -2.19. The van der Waals surface area contributed by atoms with Gasteiger partial charge in [0.1, 0.15) is 5.76 Å². The average Bonchev–Trinajstić information content (AvgIpc) is 2.91. The van der Waals surface area contributed by atoms with E-state index in [0.717, 1.165) is 22.6 Å². The lowest BCUT2D eigenvalue weighted by molar-refractivity contribution is 0.233. The topological polar surface area (TPSA) is 87.4 Å². The van der Waals surface area contributed by atoms with Gasteiger partial charge in [0.2, 0.25) is 0 Å². The molecule has 0 spiro atoms. The minimum atomic E-state index is -0.214. The second-order valence-electron chi connectivity index (χ2n) is 5.78. The molecular formula is C18H25N3O3. The number of aliphatic hydroxyl groups is 1. The van der Waals surface area contributed by atoms with Gasteiger partial charge < -0.3 is 20.3 Å². The zero-order chi connectivity index (χ0) is 17.4. The summed E-state index contributed by atoms with van der Waals surface area (Å²) in [5, 5.41) is 18.8. The zero-order valence-electron chi connectivity index (χ0n) is 14.2. The van der Waals surface area contributed by atoms with Crippen molar-refractivity contribution >= 4 is 6.03 Å². The van der Waals surface area contributed by atoms with Crippen molar-refractivity contribution in [2.45, 2.75) is 39.2 Å². The number of amides is 2. The van der Waals surface area contributed by atoms with E-state index in [1.54, 1.807) is 0 Å². The smallest absolute Gasteiger partial charge is 0.315 e. The lowest BCUT2D eigenvalue weighted by atomic mass is 10.0. The number of benzene rings is 1. The molecule has 0 saturated carbocycles. The molecule has 6 nitrogen and oxygen atoms in total. The number of aryl methyl sites for hydroxylation is 2. The van der Waals surface area contributed by atoms with Crippen molar-refractivity contribution < 1.29 is 14.4 Å². The highest BCUT2D eigenvalue weighted by atomic mass is 16.5. The zero-order valence-corrected chi connectivity index (χ0v) is 14.2. The van der Waals surface area contributed by atoms with E-state index in [-0.39, 0.29) is 18.7 Å². The quantitative estimate of drug-likeness (QED) is 0.694. The van der Waals surface area contributed by atoms with E-state index in [1.807, 2.05) is 44.2 Å². The molecule has 0 aliphatic heterocycles. The van der Waals surface area contributed by atoms with Crippen LogP contribution in [-0.2, 0) is 6.42 Å². The van der Waals surface area contributed by atoms with Crippen molar-refractivity contribution in [3.05, 3.63) is 52.9 Å². The van der Waals surface area contributed by atoms with E-state index < -0.39 is 0 Å². The molecule has 0 aliphatic rings. The molecule has 0 radical (unpaired) electrons. The normalized spacial score (nSPS) is 12.0. The molecular weight excluding hydrogens is 306 g/mol. The number of carbonyl (C=O) groups excluding carboxylic acids is 1. The van der Waals surface area contributed by atoms with Crippen LogP contribution in [0.2, 0.25) is 0 Å². The minimum absolute atomic E-state index is 0.110. The molecule has 0 fully saturated rings. The molecule has 0 aliphatic carbocycles. The van der Waals surface area contributed by atoms with Gasteiger partial charge in [0.15, 0.2) is 0 Å². The predicted octanol–water partition coefficient (Wildman–Crippen LogP) is 2.65. The van der Waals surface area contributed by atoms with Crippen LogP contribution in [0.5, 0.6) is 0 Å². The molecule has 1 heterocycles. The molecule has 6 heteroatoms. The monoisotopic (exact) mass is 331 g/mol. The first-order chi connectivity index (χ1) is 11.6. The lowest BCUT2D eigenvalue weighted by Crippen LogP contribution is -2.39. The fraction of sp³-hybridized carbons (Fsp3) is 0.444. The second kappa shape index (κ2) is 9.08. The maximum atomic E-state index is 12.2. The Balaban J connectivity index is 1.86. The number of aliphatic hydroxyl groups excluding tert-OH is 1. The van der Waals surface area contributed by atoms with Crippen LogP contribution >= 0.6 is 0 Å².